The molecule has 0 aliphatic carbocycles. The minimum atomic E-state index is -0.0851. The third-order valence-electron chi connectivity index (χ3n) is 2.48. The zero-order chi connectivity index (χ0) is 10.6. The molecule has 0 aromatic heterocycles. The van der Waals surface area contributed by atoms with E-state index in [1.165, 1.54) is 32.4 Å². The Labute approximate surface area is 87.8 Å². The molecule has 1 atom stereocenters. The van der Waals surface area contributed by atoms with E-state index in [1.807, 2.05) is 0 Å². The van der Waals surface area contributed by atoms with Crippen LogP contribution in [0.4, 0.5) is 0 Å². The second-order valence-electron chi connectivity index (χ2n) is 5.26. The number of hydrogen-bond donors (Lipinski definition) is 1. The van der Waals surface area contributed by atoms with Gasteiger partial charge in [-0.25, -0.2) is 0 Å². The lowest BCUT2D eigenvalue weighted by atomic mass is 10.1. The summed E-state index contributed by atoms with van der Waals surface area (Å²) < 4.78 is 0. The van der Waals surface area contributed by atoms with Crippen LogP contribution < -0.4 is 5.48 Å². The van der Waals surface area contributed by atoms with Crippen molar-refractivity contribution in [2.24, 2.45) is 0 Å². The second-order valence-corrected chi connectivity index (χ2v) is 5.26. The van der Waals surface area contributed by atoms with Gasteiger partial charge in [-0.1, -0.05) is 0 Å². The highest BCUT2D eigenvalue weighted by atomic mass is 16.7. The molecule has 1 aliphatic rings. The Hall–Kier alpha value is -0.120. The molecule has 0 aromatic rings. The van der Waals surface area contributed by atoms with Gasteiger partial charge in [-0.3, -0.25) is 4.84 Å². The van der Waals surface area contributed by atoms with E-state index in [0.29, 0.717) is 6.04 Å². The van der Waals surface area contributed by atoms with Crippen molar-refractivity contribution in [2.75, 3.05) is 20.1 Å². The van der Waals surface area contributed by atoms with Crippen LogP contribution in [0.1, 0.15) is 40.0 Å². The normalized spacial score (nSPS) is 26.1. The van der Waals surface area contributed by atoms with Crippen molar-refractivity contribution in [2.45, 2.75) is 51.7 Å². The maximum atomic E-state index is 5.59. The molecule has 3 nitrogen and oxygen atoms in total. The summed E-state index contributed by atoms with van der Waals surface area (Å²) in [6.45, 7) is 8.60. The summed E-state index contributed by atoms with van der Waals surface area (Å²) in [6, 6.07) is 0.527. The van der Waals surface area contributed by atoms with Crippen LogP contribution >= 0.6 is 0 Å². The molecule has 3 heteroatoms. The first-order valence-corrected chi connectivity index (χ1v) is 5.59. The van der Waals surface area contributed by atoms with Gasteiger partial charge in [-0.15, -0.1) is 0 Å². The molecule has 1 unspecified atom stereocenters. The lowest BCUT2D eigenvalue weighted by molar-refractivity contribution is -0.0898. The maximum Gasteiger partial charge on any atom is 0.0813 e. The first-order valence-electron chi connectivity index (χ1n) is 5.59. The molecule has 84 valence electrons. The first kappa shape index (κ1) is 12.0. The summed E-state index contributed by atoms with van der Waals surface area (Å²) >= 11 is 0. The smallest absolute Gasteiger partial charge is 0.0813 e. The van der Waals surface area contributed by atoms with Gasteiger partial charge in [0.15, 0.2) is 0 Å². The summed E-state index contributed by atoms with van der Waals surface area (Å²) in [5.41, 5.74) is 3.11. The molecule has 14 heavy (non-hydrogen) atoms. The Kier molecular flexibility index (Phi) is 4.35. The molecule has 0 radical (unpaired) electrons. The Morgan fingerprint density at radius 1 is 1.21 bits per heavy atom. The van der Waals surface area contributed by atoms with E-state index in [2.05, 4.69) is 38.2 Å². The van der Waals surface area contributed by atoms with Gasteiger partial charge >= 0.3 is 0 Å². The largest absolute Gasteiger partial charge is 0.306 e. The molecule has 0 aromatic carbocycles. The van der Waals surface area contributed by atoms with Crippen LogP contribution in [0.5, 0.6) is 0 Å². The number of hydroxylamine groups is 1. The molecular weight excluding hydrogens is 176 g/mol. The summed E-state index contributed by atoms with van der Waals surface area (Å²) in [5, 5.41) is 0. The van der Waals surface area contributed by atoms with Crippen molar-refractivity contribution < 1.29 is 4.84 Å². The van der Waals surface area contributed by atoms with E-state index in [9.17, 15) is 0 Å². The molecule has 1 rings (SSSR count). The quantitative estimate of drug-likeness (QED) is 0.688. The Balaban J connectivity index is 2.24. The Morgan fingerprint density at radius 3 is 2.57 bits per heavy atom. The fraction of sp³-hybridized carbons (Fsp3) is 1.00. The van der Waals surface area contributed by atoms with Gasteiger partial charge in [-0.05, 0) is 60.2 Å². The topological polar surface area (TPSA) is 24.5 Å². The highest BCUT2D eigenvalue weighted by molar-refractivity contribution is 4.71. The SMILES string of the molecule is CN1CCCC(NOC(C)(C)C)CC1. The van der Waals surface area contributed by atoms with Crippen LogP contribution in [0.3, 0.4) is 0 Å². The van der Waals surface area contributed by atoms with Crippen LogP contribution in [-0.4, -0.2) is 36.7 Å². The van der Waals surface area contributed by atoms with E-state index in [4.69, 9.17) is 4.84 Å². The number of nitrogens with zero attached hydrogens (tertiary/aromatic N) is 1. The molecule has 1 fully saturated rings. The predicted octanol–water partition coefficient (Wildman–Crippen LogP) is 1.79. The van der Waals surface area contributed by atoms with E-state index >= 15 is 0 Å². The molecule has 1 heterocycles. The summed E-state index contributed by atoms with van der Waals surface area (Å²) in [6.07, 6.45) is 3.68. The van der Waals surface area contributed by atoms with Gasteiger partial charge in [-0.2, -0.15) is 5.48 Å². The monoisotopic (exact) mass is 200 g/mol. The average Bonchev–Trinajstić information content (AvgIpc) is 2.25. The van der Waals surface area contributed by atoms with Crippen molar-refractivity contribution in [1.29, 1.82) is 0 Å². The standard InChI is InChI=1S/C11H24N2O/c1-11(2,3)14-12-10-6-5-8-13(4)9-7-10/h10,12H,5-9H2,1-4H3. The van der Waals surface area contributed by atoms with Crippen LogP contribution in [0, 0.1) is 0 Å². The summed E-state index contributed by atoms with van der Waals surface area (Å²) in [7, 11) is 2.19. The predicted molar refractivity (Wildman–Crippen MR) is 59.1 cm³/mol. The van der Waals surface area contributed by atoms with Crippen molar-refractivity contribution in [3.63, 3.8) is 0 Å². The molecule has 0 bridgehead atoms. The van der Waals surface area contributed by atoms with E-state index in [-0.39, 0.29) is 5.60 Å². The molecule has 1 saturated heterocycles. The minimum Gasteiger partial charge on any atom is -0.306 e. The number of likely N-dealkylation sites (tertiary alicyclic amines) is 1. The Morgan fingerprint density at radius 2 is 1.93 bits per heavy atom. The van der Waals surface area contributed by atoms with Crippen molar-refractivity contribution >= 4 is 0 Å². The van der Waals surface area contributed by atoms with Crippen LogP contribution in [0.15, 0.2) is 0 Å². The third kappa shape index (κ3) is 4.94. The fourth-order valence-electron chi connectivity index (χ4n) is 1.62. The van der Waals surface area contributed by atoms with Crippen molar-refractivity contribution in [3.05, 3.63) is 0 Å². The second kappa shape index (κ2) is 5.10. The third-order valence-corrected chi connectivity index (χ3v) is 2.48. The van der Waals surface area contributed by atoms with Gasteiger partial charge in [0.2, 0.25) is 0 Å². The molecule has 0 amide bonds. The van der Waals surface area contributed by atoms with Crippen LogP contribution in [0.25, 0.3) is 0 Å². The van der Waals surface area contributed by atoms with E-state index < -0.39 is 0 Å². The highest BCUT2D eigenvalue weighted by Crippen LogP contribution is 2.12. The van der Waals surface area contributed by atoms with Gasteiger partial charge in [0.25, 0.3) is 0 Å². The number of nitrogens with one attached hydrogen (secondary N) is 1. The zero-order valence-electron chi connectivity index (χ0n) is 9.97. The van der Waals surface area contributed by atoms with Gasteiger partial charge < -0.3 is 4.90 Å². The zero-order valence-corrected chi connectivity index (χ0v) is 9.97. The van der Waals surface area contributed by atoms with Gasteiger partial charge in [0, 0.05) is 6.04 Å². The van der Waals surface area contributed by atoms with Gasteiger partial charge in [0.1, 0.15) is 0 Å². The summed E-state index contributed by atoms with van der Waals surface area (Å²) in [4.78, 5) is 7.98. The van der Waals surface area contributed by atoms with Crippen LogP contribution in [0.2, 0.25) is 0 Å². The van der Waals surface area contributed by atoms with Gasteiger partial charge in [0.05, 0.1) is 5.60 Å². The highest BCUT2D eigenvalue weighted by Gasteiger charge is 2.17. The molecule has 0 saturated carbocycles. The lowest BCUT2D eigenvalue weighted by Gasteiger charge is -2.24. The number of hydrogen-bond acceptors (Lipinski definition) is 3. The minimum absolute atomic E-state index is 0.0851. The summed E-state index contributed by atoms with van der Waals surface area (Å²) in [5.74, 6) is 0. The van der Waals surface area contributed by atoms with Crippen molar-refractivity contribution in [3.8, 4) is 0 Å². The molecule has 0 spiro atoms. The fourth-order valence-corrected chi connectivity index (χ4v) is 1.62. The molecule has 1 N–H and O–H groups in total. The molecule has 1 aliphatic heterocycles. The van der Waals surface area contributed by atoms with E-state index in [0.717, 1.165) is 0 Å². The van der Waals surface area contributed by atoms with E-state index in [1.54, 1.807) is 0 Å². The molecular formula is C11H24N2O. The maximum absolute atomic E-state index is 5.59. The van der Waals surface area contributed by atoms with Crippen molar-refractivity contribution in [1.82, 2.24) is 10.4 Å². The lowest BCUT2D eigenvalue weighted by Crippen LogP contribution is -2.37. The first-order chi connectivity index (χ1) is 6.47. The van der Waals surface area contributed by atoms with Crippen LogP contribution in [-0.2, 0) is 4.84 Å². The number of rotatable bonds is 2. The average molecular weight is 200 g/mol. The Bertz CT molecular complexity index is 165.